The van der Waals surface area contributed by atoms with Crippen LogP contribution in [-0.4, -0.2) is 84.1 Å². The van der Waals surface area contributed by atoms with Gasteiger partial charge in [0, 0.05) is 58.7 Å². The molecule has 4 aliphatic rings. The van der Waals surface area contributed by atoms with Crippen LogP contribution in [-0.2, 0) is 18.9 Å². The first-order valence-electron chi connectivity index (χ1n) is 13.7. The van der Waals surface area contributed by atoms with Crippen molar-refractivity contribution in [1.29, 1.82) is 0 Å². The number of hydrogen-bond donors (Lipinski definition) is 0. The van der Waals surface area contributed by atoms with Crippen LogP contribution in [0.5, 0.6) is 0 Å². The molecule has 0 aromatic rings. The third kappa shape index (κ3) is 5.09. The summed E-state index contributed by atoms with van der Waals surface area (Å²) in [7, 11) is 4.45. The monoisotopic (exact) mass is 494 g/mol. The number of piperidine rings is 2. The first-order valence-corrected chi connectivity index (χ1v) is 13.7. The van der Waals surface area contributed by atoms with E-state index < -0.39 is 11.6 Å². The summed E-state index contributed by atoms with van der Waals surface area (Å²) in [5.41, 5.74) is -0.0137. The maximum atomic E-state index is 6.67. The molecule has 4 saturated heterocycles. The molecule has 4 fully saturated rings. The van der Waals surface area contributed by atoms with E-state index in [2.05, 4.69) is 93.1 Å². The van der Waals surface area contributed by atoms with Crippen LogP contribution >= 0.6 is 0 Å². The van der Waals surface area contributed by atoms with E-state index in [1.807, 2.05) is 0 Å². The van der Waals surface area contributed by atoms with Gasteiger partial charge >= 0.3 is 0 Å². The van der Waals surface area contributed by atoms with E-state index in [-0.39, 0.29) is 33.0 Å². The molecule has 4 heterocycles. The fourth-order valence-corrected chi connectivity index (χ4v) is 7.91. The molecule has 6 nitrogen and oxygen atoms in total. The van der Waals surface area contributed by atoms with Crippen LogP contribution in [0.4, 0.5) is 0 Å². The number of nitrogens with zero attached hydrogens (tertiary/aromatic N) is 2. The Hall–Kier alpha value is -0.240. The first-order chi connectivity index (χ1) is 15.7. The smallest absolute Gasteiger partial charge is 0.171 e. The zero-order valence-electron chi connectivity index (χ0n) is 24.9. The highest BCUT2D eigenvalue weighted by Crippen LogP contribution is 2.52. The van der Waals surface area contributed by atoms with Gasteiger partial charge in [-0.15, -0.1) is 0 Å². The third-order valence-electron chi connectivity index (χ3n) is 10.0. The van der Waals surface area contributed by atoms with Gasteiger partial charge in [0.05, 0.1) is 26.4 Å². The lowest BCUT2D eigenvalue weighted by Gasteiger charge is -2.61. The van der Waals surface area contributed by atoms with Crippen molar-refractivity contribution in [3.63, 3.8) is 0 Å². The van der Waals surface area contributed by atoms with Gasteiger partial charge in [-0.05, 0) is 75.9 Å². The minimum Gasteiger partial charge on any atom is -0.349 e. The zero-order chi connectivity index (χ0) is 26.3. The summed E-state index contributed by atoms with van der Waals surface area (Å²) in [4.78, 5) is 4.95. The summed E-state index contributed by atoms with van der Waals surface area (Å²) in [5, 5.41) is 0. The molecule has 0 aromatic heterocycles. The summed E-state index contributed by atoms with van der Waals surface area (Å²) < 4.78 is 26.7. The van der Waals surface area contributed by atoms with Gasteiger partial charge in [0.25, 0.3) is 0 Å². The van der Waals surface area contributed by atoms with E-state index in [0.29, 0.717) is 26.4 Å². The molecule has 0 aliphatic carbocycles. The van der Waals surface area contributed by atoms with E-state index in [1.54, 1.807) is 0 Å². The van der Waals surface area contributed by atoms with Gasteiger partial charge in [0.2, 0.25) is 0 Å². The quantitative estimate of drug-likeness (QED) is 0.509. The second-order valence-electron chi connectivity index (χ2n) is 15.8. The molecule has 6 heteroatoms. The largest absolute Gasteiger partial charge is 0.349 e. The summed E-state index contributed by atoms with van der Waals surface area (Å²) in [6.45, 7) is 25.9. The molecule has 0 atom stereocenters. The summed E-state index contributed by atoms with van der Waals surface area (Å²) in [6, 6.07) is 0. The fourth-order valence-electron chi connectivity index (χ4n) is 7.91. The van der Waals surface area contributed by atoms with E-state index in [0.717, 1.165) is 32.1 Å². The standard InChI is InChI=1S/C29H54N2O4/c1-22(2)13-28(14-23(3,4)30(22)11)32-18-26(9,19-33-28)17-27(10)20-34-29(35-21-27)15-24(5,6)31(12)25(7,8)16-29/h13-21H2,1-12H3. The Bertz CT molecular complexity index is 695. The summed E-state index contributed by atoms with van der Waals surface area (Å²) in [5.74, 6) is -0.982. The Balaban J connectivity index is 1.40. The normalized spacial score (nSPS) is 34.6. The second-order valence-corrected chi connectivity index (χ2v) is 15.8. The van der Waals surface area contributed by atoms with Crippen molar-refractivity contribution in [3.05, 3.63) is 0 Å². The van der Waals surface area contributed by atoms with Crippen molar-refractivity contribution in [2.45, 2.75) is 135 Å². The predicted octanol–water partition coefficient (Wildman–Crippen LogP) is 5.44. The van der Waals surface area contributed by atoms with Crippen LogP contribution in [0.2, 0.25) is 0 Å². The first kappa shape index (κ1) is 27.8. The van der Waals surface area contributed by atoms with E-state index in [9.17, 15) is 0 Å². The van der Waals surface area contributed by atoms with Crippen LogP contribution in [0.1, 0.15) is 101 Å². The number of hydrogen-bond acceptors (Lipinski definition) is 6. The van der Waals surface area contributed by atoms with Crippen LogP contribution < -0.4 is 0 Å². The van der Waals surface area contributed by atoms with Crippen LogP contribution in [0, 0.1) is 10.8 Å². The minimum absolute atomic E-state index is 0.0243. The third-order valence-corrected chi connectivity index (χ3v) is 10.0. The maximum Gasteiger partial charge on any atom is 0.171 e. The van der Waals surface area contributed by atoms with Gasteiger partial charge in [-0.25, -0.2) is 0 Å². The lowest BCUT2D eigenvalue weighted by atomic mass is 9.71. The van der Waals surface area contributed by atoms with Crippen LogP contribution in [0.25, 0.3) is 0 Å². The van der Waals surface area contributed by atoms with Gasteiger partial charge in [-0.1, -0.05) is 13.8 Å². The van der Waals surface area contributed by atoms with Crippen molar-refractivity contribution >= 4 is 0 Å². The highest BCUT2D eigenvalue weighted by Gasteiger charge is 2.58. The highest BCUT2D eigenvalue weighted by molar-refractivity contribution is 5.06. The summed E-state index contributed by atoms with van der Waals surface area (Å²) >= 11 is 0. The van der Waals surface area contributed by atoms with Gasteiger partial charge in [-0.2, -0.15) is 0 Å². The molecule has 0 radical (unpaired) electrons. The molecule has 0 amide bonds. The van der Waals surface area contributed by atoms with Crippen molar-refractivity contribution < 1.29 is 18.9 Å². The van der Waals surface area contributed by atoms with Crippen molar-refractivity contribution in [2.75, 3.05) is 40.5 Å². The zero-order valence-corrected chi connectivity index (χ0v) is 24.9. The van der Waals surface area contributed by atoms with Gasteiger partial charge in [0.1, 0.15) is 0 Å². The van der Waals surface area contributed by atoms with Gasteiger partial charge in [0.15, 0.2) is 11.6 Å². The maximum absolute atomic E-state index is 6.67. The summed E-state index contributed by atoms with van der Waals surface area (Å²) in [6.07, 6.45) is 4.53. The molecule has 0 unspecified atom stereocenters. The minimum atomic E-state index is -0.491. The Morgan fingerprint density at radius 2 is 0.686 bits per heavy atom. The Morgan fingerprint density at radius 1 is 0.457 bits per heavy atom. The van der Waals surface area contributed by atoms with E-state index in [1.165, 1.54) is 0 Å². The fraction of sp³-hybridized carbons (Fsp3) is 1.00. The molecule has 4 aliphatic heterocycles. The Kier molecular flexibility index (Phi) is 6.45. The van der Waals surface area contributed by atoms with Gasteiger partial charge in [-0.3, -0.25) is 9.80 Å². The number of likely N-dealkylation sites (tertiary alicyclic amines) is 2. The van der Waals surface area contributed by atoms with Crippen molar-refractivity contribution in [3.8, 4) is 0 Å². The average molecular weight is 495 g/mol. The molecule has 0 N–H and O–H groups in total. The molecule has 0 bridgehead atoms. The Labute approximate surface area is 215 Å². The lowest BCUT2D eigenvalue weighted by molar-refractivity contribution is -0.357. The molecule has 0 saturated carbocycles. The predicted molar refractivity (Wildman–Crippen MR) is 140 cm³/mol. The molecular formula is C29H54N2O4. The van der Waals surface area contributed by atoms with Crippen molar-refractivity contribution in [2.24, 2.45) is 10.8 Å². The number of rotatable bonds is 2. The second kappa shape index (κ2) is 8.13. The lowest BCUT2D eigenvalue weighted by Crippen LogP contribution is -2.68. The molecule has 2 spiro atoms. The molecule has 4 rings (SSSR count). The van der Waals surface area contributed by atoms with E-state index in [4.69, 9.17) is 18.9 Å². The molecular weight excluding hydrogens is 440 g/mol. The molecule has 35 heavy (non-hydrogen) atoms. The topological polar surface area (TPSA) is 43.4 Å². The van der Waals surface area contributed by atoms with Crippen LogP contribution in [0.3, 0.4) is 0 Å². The van der Waals surface area contributed by atoms with Gasteiger partial charge < -0.3 is 18.9 Å². The average Bonchev–Trinajstić information content (AvgIpc) is 2.69. The van der Waals surface area contributed by atoms with Crippen LogP contribution in [0.15, 0.2) is 0 Å². The number of ether oxygens (including phenoxy) is 4. The molecule has 0 aromatic carbocycles. The molecule has 204 valence electrons. The van der Waals surface area contributed by atoms with Crippen molar-refractivity contribution in [1.82, 2.24) is 9.80 Å². The SMILES string of the molecule is CN1C(C)(C)CC2(CC1(C)C)OCC(C)(CC1(C)COC3(CC(C)(C)N(C)C(C)(C)C3)OC1)CO2. The van der Waals surface area contributed by atoms with E-state index >= 15 is 0 Å². The Morgan fingerprint density at radius 3 is 0.914 bits per heavy atom. The highest BCUT2D eigenvalue weighted by atomic mass is 16.7.